The Morgan fingerprint density at radius 2 is 1.43 bits per heavy atom. The van der Waals surface area contributed by atoms with E-state index in [4.69, 9.17) is 0 Å². The number of aryl methyl sites for hydroxylation is 1. The molecule has 0 amide bonds. The summed E-state index contributed by atoms with van der Waals surface area (Å²) in [5, 5.41) is 5.66. The molecule has 3 aromatic carbocycles. The Morgan fingerprint density at radius 1 is 0.826 bits per heavy atom. The van der Waals surface area contributed by atoms with Gasteiger partial charge >= 0.3 is 0 Å². The first-order valence-corrected chi connectivity index (χ1v) is 9.64. The van der Waals surface area contributed by atoms with Crippen molar-refractivity contribution < 1.29 is 0 Å². The summed E-state index contributed by atoms with van der Waals surface area (Å²) in [4.78, 5) is 0. The van der Waals surface area contributed by atoms with Gasteiger partial charge in [0.2, 0.25) is 0 Å². The molecule has 0 heterocycles. The Labute approximate surface area is 141 Å². The smallest absolute Gasteiger partial charge is 0.0146 e. The second kappa shape index (κ2) is 6.62. The maximum atomic E-state index is 3.11. The summed E-state index contributed by atoms with van der Waals surface area (Å²) < 4.78 is 0. The molecule has 0 aliphatic heterocycles. The maximum Gasteiger partial charge on any atom is -0.0146 e. The monoisotopic (exact) mass is 320 g/mol. The van der Waals surface area contributed by atoms with E-state index in [-0.39, 0.29) is 0 Å². The van der Waals surface area contributed by atoms with Crippen LogP contribution in [0.25, 0.3) is 21.5 Å². The SMILES string of the molecule is PC1CCCCC1CCc1c2ccccc2cc2ccccc12. The summed E-state index contributed by atoms with van der Waals surface area (Å²) in [6, 6.07) is 20.1. The number of rotatable bonds is 3. The maximum absolute atomic E-state index is 3.11. The fourth-order valence-electron chi connectivity index (χ4n) is 4.30. The quantitative estimate of drug-likeness (QED) is 0.389. The van der Waals surface area contributed by atoms with Gasteiger partial charge in [0.1, 0.15) is 0 Å². The first-order valence-electron chi connectivity index (χ1n) is 8.98. The van der Waals surface area contributed by atoms with Gasteiger partial charge in [0, 0.05) is 0 Å². The lowest BCUT2D eigenvalue weighted by Gasteiger charge is -2.28. The standard InChI is InChI=1S/C22H25P/c23-22-12-6-3-7-16(22)13-14-21-19-10-4-1-8-17(19)15-18-9-2-5-11-20(18)21/h1-2,4-5,8-11,15-16,22H,3,6-7,12-14,23H2. The third-order valence-electron chi connectivity index (χ3n) is 5.62. The van der Waals surface area contributed by atoms with E-state index in [0.29, 0.717) is 0 Å². The molecule has 0 N–H and O–H groups in total. The number of hydrogen-bond acceptors (Lipinski definition) is 0. The molecular formula is C22H25P. The predicted molar refractivity (Wildman–Crippen MR) is 105 cm³/mol. The molecular weight excluding hydrogens is 295 g/mol. The van der Waals surface area contributed by atoms with Gasteiger partial charge in [0.25, 0.3) is 0 Å². The molecule has 0 nitrogen and oxygen atoms in total. The van der Waals surface area contributed by atoms with Crippen LogP contribution in [0, 0.1) is 5.92 Å². The zero-order valence-corrected chi connectivity index (χ0v) is 14.8. The van der Waals surface area contributed by atoms with Gasteiger partial charge in [-0.25, -0.2) is 0 Å². The van der Waals surface area contributed by atoms with E-state index in [2.05, 4.69) is 63.8 Å². The molecule has 0 aromatic heterocycles. The van der Waals surface area contributed by atoms with Gasteiger partial charge in [-0.3, -0.25) is 0 Å². The van der Waals surface area contributed by atoms with E-state index in [1.807, 2.05) is 0 Å². The average molecular weight is 320 g/mol. The van der Waals surface area contributed by atoms with Gasteiger partial charge in [-0.05, 0) is 70.4 Å². The molecule has 1 fully saturated rings. The van der Waals surface area contributed by atoms with Crippen LogP contribution in [0.5, 0.6) is 0 Å². The largest absolute Gasteiger partial charge is 0.134 e. The van der Waals surface area contributed by atoms with Crippen molar-refractivity contribution >= 4 is 30.8 Å². The molecule has 0 saturated heterocycles. The summed E-state index contributed by atoms with van der Waals surface area (Å²) in [6.07, 6.45) is 8.18. The Balaban J connectivity index is 1.74. The average Bonchev–Trinajstić information content (AvgIpc) is 2.60. The summed E-state index contributed by atoms with van der Waals surface area (Å²) in [6.45, 7) is 0. The topological polar surface area (TPSA) is 0 Å². The summed E-state index contributed by atoms with van der Waals surface area (Å²) in [7, 11) is 3.11. The lowest BCUT2D eigenvalue weighted by atomic mass is 9.83. The fraction of sp³-hybridized carbons (Fsp3) is 0.364. The van der Waals surface area contributed by atoms with Crippen molar-refractivity contribution in [1.82, 2.24) is 0 Å². The third kappa shape index (κ3) is 3.02. The van der Waals surface area contributed by atoms with Gasteiger partial charge in [-0.1, -0.05) is 61.4 Å². The summed E-state index contributed by atoms with van der Waals surface area (Å²) >= 11 is 0. The minimum atomic E-state index is 0.824. The molecule has 3 aromatic rings. The van der Waals surface area contributed by atoms with Crippen molar-refractivity contribution in [2.45, 2.75) is 44.2 Å². The highest BCUT2D eigenvalue weighted by molar-refractivity contribution is 7.17. The van der Waals surface area contributed by atoms with Crippen LogP contribution in [0.2, 0.25) is 0 Å². The predicted octanol–water partition coefficient (Wildman–Crippen LogP) is 6.36. The lowest BCUT2D eigenvalue weighted by Crippen LogP contribution is -2.19. The van der Waals surface area contributed by atoms with Crippen LogP contribution in [-0.2, 0) is 6.42 Å². The van der Waals surface area contributed by atoms with E-state index in [1.165, 1.54) is 60.1 Å². The molecule has 4 rings (SSSR count). The lowest BCUT2D eigenvalue weighted by molar-refractivity contribution is 0.351. The van der Waals surface area contributed by atoms with Gasteiger partial charge < -0.3 is 0 Å². The van der Waals surface area contributed by atoms with Crippen molar-refractivity contribution in [2.24, 2.45) is 5.92 Å². The Hall–Kier alpha value is -1.39. The Morgan fingerprint density at radius 3 is 2.09 bits per heavy atom. The molecule has 1 aliphatic rings. The molecule has 118 valence electrons. The fourth-order valence-corrected chi connectivity index (χ4v) is 4.92. The Kier molecular flexibility index (Phi) is 4.36. The highest BCUT2D eigenvalue weighted by atomic mass is 31.0. The van der Waals surface area contributed by atoms with Crippen molar-refractivity contribution in [1.29, 1.82) is 0 Å². The van der Waals surface area contributed by atoms with Crippen molar-refractivity contribution in [3.8, 4) is 0 Å². The second-order valence-corrected chi connectivity index (χ2v) is 7.90. The minimum absolute atomic E-state index is 0.824. The van der Waals surface area contributed by atoms with E-state index in [9.17, 15) is 0 Å². The highest BCUT2D eigenvalue weighted by Gasteiger charge is 2.21. The van der Waals surface area contributed by atoms with Crippen molar-refractivity contribution in [3.63, 3.8) is 0 Å². The van der Waals surface area contributed by atoms with Crippen LogP contribution in [0.15, 0.2) is 54.6 Å². The van der Waals surface area contributed by atoms with Gasteiger partial charge in [0.15, 0.2) is 0 Å². The molecule has 1 saturated carbocycles. The number of fused-ring (bicyclic) bond motifs is 2. The van der Waals surface area contributed by atoms with E-state index in [1.54, 1.807) is 5.56 Å². The third-order valence-corrected chi connectivity index (χ3v) is 6.49. The molecule has 3 unspecified atom stereocenters. The first-order chi connectivity index (χ1) is 11.3. The minimum Gasteiger partial charge on any atom is -0.134 e. The summed E-state index contributed by atoms with van der Waals surface area (Å²) in [5.74, 6) is 0.881. The van der Waals surface area contributed by atoms with E-state index >= 15 is 0 Å². The van der Waals surface area contributed by atoms with Crippen LogP contribution < -0.4 is 0 Å². The van der Waals surface area contributed by atoms with Crippen molar-refractivity contribution in [3.05, 3.63) is 60.2 Å². The molecule has 0 radical (unpaired) electrons. The second-order valence-electron chi connectivity index (χ2n) is 7.04. The van der Waals surface area contributed by atoms with Crippen LogP contribution in [0.3, 0.4) is 0 Å². The molecule has 23 heavy (non-hydrogen) atoms. The molecule has 1 heteroatoms. The van der Waals surface area contributed by atoms with Crippen LogP contribution in [-0.4, -0.2) is 5.66 Å². The van der Waals surface area contributed by atoms with Crippen LogP contribution in [0.1, 0.15) is 37.7 Å². The molecule has 1 aliphatic carbocycles. The van der Waals surface area contributed by atoms with Crippen LogP contribution >= 0.6 is 9.24 Å². The number of hydrogen-bond donors (Lipinski definition) is 0. The van der Waals surface area contributed by atoms with E-state index < -0.39 is 0 Å². The van der Waals surface area contributed by atoms with Crippen LogP contribution in [0.4, 0.5) is 0 Å². The van der Waals surface area contributed by atoms with Gasteiger partial charge in [0.05, 0.1) is 0 Å². The van der Waals surface area contributed by atoms with Gasteiger partial charge in [-0.2, -0.15) is 0 Å². The first kappa shape index (κ1) is 15.2. The summed E-state index contributed by atoms with van der Waals surface area (Å²) in [5.41, 5.74) is 2.38. The molecule has 3 atom stereocenters. The number of benzene rings is 3. The molecule has 0 spiro atoms. The zero-order valence-electron chi connectivity index (χ0n) is 13.7. The van der Waals surface area contributed by atoms with Crippen molar-refractivity contribution in [2.75, 3.05) is 0 Å². The Bertz CT molecular complexity index is 766. The molecule has 0 bridgehead atoms. The van der Waals surface area contributed by atoms with Gasteiger partial charge in [-0.15, -0.1) is 9.24 Å². The normalized spacial score (nSPS) is 21.8. The van der Waals surface area contributed by atoms with E-state index in [0.717, 1.165) is 11.6 Å². The highest BCUT2D eigenvalue weighted by Crippen LogP contribution is 2.35. The zero-order chi connectivity index (χ0) is 15.6.